The van der Waals surface area contributed by atoms with Crippen molar-refractivity contribution in [1.29, 1.82) is 0 Å². The van der Waals surface area contributed by atoms with Crippen molar-refractivity contribution in [3.63, 3.8) is 0 Å². The van der Waals surface area contributed by atoms with Gasteiger partial charge < -0.3 is 29.0 Å². The Balaban J connectivity index is 1.14. The Morgan fingerprint density at radius 3 is 2.54 bits per heavy atom. The van der Waals surface area contributed by atoms with Gasteiger partial charge in [-0.05, 0) is 55.5 Å². The molecule has 1 aromatic heterocycles. The summed E-state index contributed by atoms with van der Waals surface area (Å²) in [6, 6.07) is 14.7. The van der Waals surface area contributed by atoms with Crippen molar-refractivity contribution in [3.05, 3.63) is 102 Å². The highest BCUT2D eigenvalue weighted by atomic mass is 19.1. The molecule has 2 fully saturated rings. The summed E-state index contributed by atoms with van der Waals surface area (Å²) in [6.07, 6.45) is 4.14. The number of rotatable bonds is 12. The number of hydrogen-bond acceptors (Lipinski definition) is 9. The number of aromatic nitrogens is 1. The minimum absolute atomic E-state index is 0.0607. The van der Waals surface area contributed by atoms with Crippen LogP contribution in [0, 0.1) is 11.6 Å². The van der Waals surface area contributed by atoms with Gasteiger partial charge in [-0.3, -0.25) is 24.4 Å². The Morgan fingerprint density at radius 1 is 1.00 bits per heavy atom. The highest BCUT2D eigenvalue weighted by molar-refractivity contribution is 6.04. The molecule has 0 atom stereocenters. The number of carbonyl (C=O) groups excluding carboxylic acids is 2. The van der Waals surface area contributed by atoms with Crippen molar-refractivity contribution in [2.45, 2.75) is 13.3 Å². The molecule has 0 unspecified atom stereocenters. The summed E-state index contributed by atoms with van der Waals surface area (Å²) in [6.45, 7) is 6.23. The summed E-state index contributed by atoms with van der Waals surface area (Å²) < 4.78 is 57.5. The van der Waals surface area contributed by atoms with E-state index in [-0.39, 0.29) is 17.0 Å². The number of benzene rings is 3. The molecular weight excluding hydrogens is 650 g/mol. The number of anilines is 2. The second-order valence-corrected chi connectivity index (χ2v) is 11.5. The molecule has 0 spiro atoms. The third-order valence-electron chi connectivity index (χ3n) is 8.29. The van der Waals surface area contributed by atoms with Crippen LogP contribution < -0.4 is 24.4 Å². The Bertz CT molecular complexity index is 1930. The van der Waals surface area contributed by atoms with Crippen LogP contribution in [0.2, 0.25) is 0 Å². The lowest BCUT2D eigenvalue weighted by Crippen LogP contribution is -2.38. The number of pyridine rings is 1. The first-order valence-corrected chi connectivity index (χ1v) is 16.1. The maximum atomic E-state index is 15.4. The number of halogens is 2. The van der Waals surface area contributed by atoms with E-state index in [0.29, 0.717) is 84.4 Å². The molecule has 3 aromatic carbocycles. The van der Waals surface area contributed by atoms with Crippen molar-refractivity contribution in [1.82, 2.24) is 9.88 Å². The number of fused-ring (bicyclic) bond motifs is 1. The normalized spacial score (nSPS) is 16.5. The molecule has 11 nitrogen and oxygen atoms in total. The molecule has 1 N–H and O–H groups in total. The fourth-order valence-corrected chi connectivity index (χ4v) is 5.60. The Kier molecular flexibility index (Phi) is 10.8. The molecule has 0 aliphatic carbocycles. The molecule has 260 valence electrons. The summed E-state index contributed by atoms with van der Waals surface area (Å²) in [4.78, 5) is 33.0. The molecule has 0 saturated carbocycles. The first-order valence-electron chi connectivity index (χ1n) is 16.1. The van der Waals surface area contributed by atoms with E-state index in [4.69, 9.17) is 23.7 Å². The van der Waals surface area contributed by atoms with Crippen LogP contribution in [0.25, 0.3) is 10.9 Å². The van der Waals surface area contributed by atoms with E-state index >= 15 is 4.39 Å². The van der Waals surface area contributed by atoms with E-state index < -0.39 is 17.5 Å². The van der Waals surface area contributed by atoms with Gasteiger partial charge in [-0.1, -0.05) is 0 Å². The van der Waals surface area contributed by atoms with Crippen LogP contribution in [-0.4, -0.2) is 75.4 Å². The zero-order chi connectivity index (χ0) is 35.0. The van der Waals surface area contributed by atoms with Crippen LogP contribution in [0.3, 0.4) is 0 Å². The standard InChI is InChI=1S/C37H36F2N4O7/c1-24(36-25(10-15-49-36)22-43(23-44)28-6-3-26(38)4-7-28)37(45)41-27-5-8-33(30(39)19-27)50-32-9-11-40-31-21-35(34(46-2)20-29(31)32)48-18-14-42-12-16-47-17-13-42/h3-9,11,19-23H,10,12-18H2,1-2H3,(H,41,45)/b25-22-,36-24-. The molecular formula is C37H36F2N4O7. The van der Waals surface area contributed by atoms with Crippen LogP contribution in [0.15, 0.2) is 90.0 Å². The van der Waals surface area contributed by atoms with Crippen LogP contribution >= 0.6 is 0 Å². The Morgan fingerprint density at radius 2 is 1.80 bits per heavy atom. The van der Waals surface area contributed by atoms with Crippen LogP contribution in [0.1, 0.15) is 13.3 Å². The van der Waals surface area contributed by atoms with Gasteiger partial charge in [-0.15, -0.1) is 0 Å². The number of allylic oxidation sites excluding steroid dienone is 1. The maximum absolute atomic E-state index is 15.4. The van der Waals surface area contributed by atoms with Gasteiger partial charge >= 0.3 is 0 Å². The molecule has 0 radical (unpaired) electrons. The summed E-state index contributed by atoms with van der Waals surface area (Å²) in [5, 5.41) is 3.29. The average Bonchev–Trinajstić information content (AvgIpc) is 3.60. The summed E-state index contributed by atoms with van der Waals surface area (Å²) in [7, 11) is 1.54. The van der Waals surface area contributed by atoms with E-state index in [1.807, 2.05) is 0 Å². The number of morpholine rings is 1. The van der Waals surface area contributed by atoms with Crippen molar-refractivity contribution >= 4 is 34.6 Å². The van der Waals surface area contributed by atoms with Crippen LogP contribution in [0.4, 0.5) is 20.2 Å². The van der Waals surface area contributed by atoms with E-state index in [1.165, 1.54) is 41.3 Å². The molecule has 0 bridgehead atoms. The fourth-order valence-electron chi connectivity index (χ4n) is 5.60. The number of nitrogens with one attached hydrogen (secondary N) is 1. The van der Waals surface area contributed by atoms with E-state index in [2.05, 4.69) is 15.2 Å². The van der Waals surface area contributed by atoms with E-state index in [9.17, 15) is 14.0 Å². The quantitative estimate of drug-likeness (QED) is 0.138. The van der Waals surface area contributed by atoms with Gasteiger partial charge in [0, 0.05) is 72.9 Å². The van der Waals surface area contributed by atoms with E-state index in [1.54, 1.807) is 44.6 Å². The third-order valence-corrected chi connectivity index (χ3v) is 8.29. The molecule has 6 rings (SSSR count). The fraction of sp³-hybridized carbons (Fsp3) is 0.270. The molecule has 50 heavy (non-hydrogen) atoms. The number of nitrogens with zero attached hydrogens (tertiary/aromatic N) is 3. The monoisotopic (exact) mass is 686 g/mol. The second-order valence-electron chi connectivity index (χ2n) is 11.5. The number of methoxy groups -OCH3 is 1. The summed E-state index contributed by atoms with van der Waals surface area (Å²) in [5.74, 6) is -0.0262. The van der Waals surface area contributed by atoms with Gasteiger partial charge in [0.1, 0.15) is 23.9 Å². The maximum Gasteiger partial charge on any atom is 0.255 e. The highest BCUT2D eigenvalue weighted by Crippen LogP contribution is 2.38. The molecule has 2 amide bonds. The Labute approximate surface area is 287 Å². The lowest BCUT2D eigenvalue weighted by Gasteiger charge is -2.26. The SMILES string of the molecule is COc1cc2c(Oc3ccc(NC(=O)/C(C)=C4\OCC\C4=C\N(C=O)c4ccc(F)cc4)cc3F)ccnc2cc1OCCN1CCOCC1. The van der Waals surface area contributed by atoms with Gasteiger partial charge in [0.2, 0.25) is 6.41 Å². The summed E-state index contributed by atoms with van der Waals surface area (Å²) >= 11 is 0. The second kappa shape index (κ2) is 15.8. The predicted octanol–water partition coefficient (Wildman–Crippen LogP) is 6.20. The van der Waals surface area contributed by atoms with Gasteiger partial charge in [-0.25, -0.2) is 8.78 Å². The first kappa shape index (κ1) is 34.3. The van der Waals surface area contributed by atoms with Gasteiger partial charge in [-0.2, -0.15) is 0 Å². The average molecular weight is 687 g/mol. The molecule has 13 heteroatoms. The number of ether oxygens (including phenoxy) is 5. The predicted molar refractivity (Wildman–Crippen MR) is 182 cm³/mol. The number of amides is 2. The topological polar surface area (TPSA) is 112 Å². The third kappa shape index (κ3) is 8.01. The van der Waals surface area contributed by atoms with Crippen molar-refractivity contribution in [2.24, 2.45) is 0 Å². The van der Waals surface area contributed by atoms with Gasteiger partial charge in [0.05, 0.1) is 38.0 Å². The smallest absolute Gasteiger partial charge is 0.255 e. The highest BCUT2D eigenvalue weighted by Gasteiger charge is 2.23. The molecule has 4 aromatic rings. The van der Waals surface area contributed by atoms with Crippen molar-refractivity contribution in [2.75, 3.05) is 63.4 Å². The zero-order valence-electron chi connectivity index (χ0n) is 27.6. The molecule has 3 heterocycles. The van der Waals surface area contributed by atoms with Crippen LogP contribution in [-0.2, 0) is 19.1 Å². The van der Waals surface area contributed by atoms with Gasteiger partial charge in [0.25, 0.3) is 5.91 Å². The number of hydrogen-bond donors (Lipinski definition) is 1. The van der Waals surface area contributed by atoms with E-state index in [0.717, 1.165) is 25.7 Å². The van der Waals surface area contributed by atoms with Crippen molar-refractivity contribution in [3.8, 4) is 23.0 Å². The first-order chi connectivity index (χ1) is 24.3. The van der Waals surface area contributed by atoms with Gasteiger partial charge in [0.15, 0.2) is 23.1 Å². The minimum Gasteiger partial charge on any atom is -0.493 e. The van der Waals surface area contributed by atoms with Crippen molar-refractivity contribution < 1.29 is 42.1 Å². The summed E-state index contributed by atoms with van der Waals surface area (Å²) in [5.41, 5.74) is 2.07. The lowest BCUT2D eigenvalue weighted by molar-refractivity contribution is -0.113. The minimum atomic E-state index is -0.702. The zero-order valence-corrected chi connectivity index (χ0v) is 27.6. The molecule has 2 saturated heterocycles. The Hall–Kier alpha value is -5.53. The lowest BCUT2D eigenvalue weighted by atomic mass is 10.1. The largest absolute Gasteiger partial charge is 0.493 e. The molecule has 2 aliphatic rings. The van der Waals surface area contributed by atoms with Crippen LogP contribution in [0.5, 0.6) is 23.0 Å². The number of carbonyl (C=O) groups is 2. The molecule has 2 aliphatic heterocycles.